The molecular formula is C19H20F2N2O. The van der Waals surface area contributed by atoms with Gasteiger partial charge in [-0.3, -0.25) is 4.79 Å². The molecule has 0 radical (unpaired) electrons. The maximum Gasteiger partial charge on any atom is 0.223 e. The maximum atomic E-state index is 13.8. The average Bonchev–Trinajstić information content (AvgIpc) is 2.61. The van der Waals surface area contributed by atoms with Gasteiger partial charge in [-0.25, -0.2) is 8.78 Å². The Morgan fingerprint density at radius 2 is 1.67 bits per heavy atom. The highest BCUT2D eigenvalue weighted by Crippen LogP contribution is 2.21. The molecule has 1 aliphatic heterocycles. The van der Waals surface area contributed by atoms with Crippen molar-refractivity contribution in [1.29, 1.82) is 0 Å². The fourth-order valence-corrected chi connectivity index (χ4v) is 2.99. The number of carbonyl (C=O) groups is 1. The molecule has 0 N–H and O–H groups in total. The lowest BCUT2D eigenvalue weighted by molar-refractivity contribution is -0.131. The Morgan fingerprint density at radius 1 is 0.958 bits per heavy atom. The van der Waals surface area contributed by atoms with Crippen LogP contribution in [0.5, 0.6) is 0 Å². The molecule has 0 aromatic heterocycles. The highest BCUT2D eigenvalue weighted by molar-refractivity contribution is 5.76. The maximum absolute atomic E-state index is 13.8. The Balaban J connectivity index is 1.52. The van der Waals surface area contributed by atoms with Gasteiger partial charge in [-0.1, -0.05) is 30.3 Å². The van der Waals surface area contributed by atoms with E-state index in [0.717, 1.165) is 18.1 Å². The second-order valence-electron chi connectivity index (χ2n) is 5.95. The minimum Gasteiger partial charge on any atom is -0.366 e. The highest BCUT2D eigenvalue weighted by Gasteiger charge is 2.22. The van der Waals surface area contributed by atoms with Gasteiger partial charge in [0.05, 0.1) is 5.69 Å². The molecule has 3 nitrogen and oxygen atoms in total. The third-order valence-corrected chi connectivity index (χ3v) is 4.35. The number of hydrogen-bond donors (Lipinski definition) is 0. The van der Waals surface area contributed by atoms with Crippen molar-refractivity contribution < 1.29 is 13.6 Å². The fraction of sp³-hybridized carbons (Fsp3) is 0.316. The minimum atomic E-state index is -0.578. The van der Waals surface area contributed by atoms with Gasteiger partial charge in [0.15, 0.2) is 0 Å². The van der Waals surface area contributed by atoms with Crippen molar-refractivity contribution in [3.05, 3.63) is 65.7 Å². The largest absolute Gasteiger partial charge is 0.366 e. The van der Waals surface area contributed by atoms with E-state index in [1.54, 1.807) is 0 Å². The Morgan fingerprint density at radius 3 is 2.33 bits per heavy atom. The summed E-state index contributed by atoms with van der Waals surface area (Å²) in [5, 5.41) is 0. The van der Waals surface area contributed by atoms with E-state index in [4.69, 9.17) is 0 Å². The Kier molecular flexibility index (Phi) is 5.08. The van der Waals surface area contributed by atoms with E-state index in [9.17, 15) is 13.6 Å². The SMILES string of the molecule is O=C(CCc1ccccc1)N1CCN(c2ccc(F)cc2F)CC1. The third-order valence-electron chi connectivity index (χ3n) is 4.35. The quantitative estimate of drug-likeness (QED) is 0.859. The molecule has 1 fully saturated rings. The molecule has 1 aliphatic rings. The van der Waals surface area contributed by atoms with Crippen LogP contribution in [-0.4, -0.2) is 37.0 Å². The van der Waals surface area contributed by atoms with Gasteiger partial charge in [-0.05, 0) is 24.1 Å². The number of rotatable bonds is 4. The molecular weight excluding hydrogens is 310 g/mol. The lowest BCUT2D eigenvalue weighted by atomic mass is 10.1. The summed E-state index contributed by atoms with van der Waals surface area (Å²) in [5.41, 5.74) is 1.55. The van der Waals surface area contributed by atoms with Crippen molar-refractivity contribution in [3.8, 4) is 0 Å². The van der Waals surface area contributed by atoms with Gasteiger partial charge >= 0.3 is 0 Å². The van der Waals surface area contributed by atoms with Gasteiger partial charge < -0.3 is 9.80 Å². The van der Waals surface area contributed by atoms with Crippen LogP contribution in [0.3, 0.4) is 0 Å². The summed E-state index contributed by atoms with van der Waals surface area (Å²) in [4.78, 5) is 16.0. The van der Waals surface area contributed by atoms with Crippen LogP contribution >= 0.6 is 0 Å². The van der Waals surface area contributed by atoms with Gasteiger partial charge in [-0.2, -0.15) is 0 Å². The van der Waals surface area contributed by atoms with E-state index in [1.165, 1.54) is 12.1 Å². The molecule has 2 aromatic rings. The molecule has 24 heavy (non-hydrogen) atoms. The van der Waals surface area contributed by atoms with E-state index < -0.39 is 11.6 Å². The van der Waals surface area contributed by atoms with Crippen LogP contribution in [0.2, 0.25) is 0 Å². The number of nitrogens with zero attached hydrogens (tertiary/aromatic N) is 2. The molecule has 0 saturated carbocycles. The second kappa shape index (κ2) is 7.43. The van der Waals surface area contributed by atoms with Crippen molar-refractivity contribution >= 4 is 11.6 Å². The normalized spacial score (nSPS) is 14.8. The van der Waals surface area contributed by atoms with E-state index in [2.05, 4.69) is 0 Å². The monoisotopic (exact) mass is 330 g/mol. The van der Waals surface area contributed by atoms with Gasteiger partial charge in [0.2, 0.25) is 5.91 Å². The zero-order valence-corrected chi connectivity index (χ0v) is 13.4. The van der Waals surface area contributed by atoms with E-state index in [0.29, 0.717) is 38.3 Å². The van der Waals surface area contributed by atoms with Crippen LogP contribution in [-0.2, 0) is 11.2 Å². The molecule has 3 rings (SSSR count). The number of aryl methyl sites for hydroxylation is 1. The van der Waals surface area contributed by atoms with Gasteiger partial charge in [0.25, 0.3) is 0 Å². The molecule has 1 amide bonds. The van der Waals surface area contributed by atoms with Gasteiger partial charge in [0.1, 0.15) is 11.6 Å². The Labute approximate surface area is 140 Å². The van der Waals surface area contributed by atoms with Crippen molar-refractivity contribution in [2.45, 2.75) is 12.8 Å². The van der Waals surface area contributed by atoms with Crippen molar-refractivity contribution in [2.75, 3.05) is 31.1 Å². The van der Waals surface area contributed by atoms with Crippen LogP contribution in [0.1, 0.15) is 12.0 Å². The topological polar surface area (TPSA) is 23.6 Å². The summed E-state index contributed by atoms with van der Waals surface area (Å²) in [6.07, 6.45) is 1.21. The molecule has 0 spiro atoms. The number of piperazine rings is 1. The highest BCUT2D eigenvalue weighted by atomic mass is 19.1. The van der Waals surface area contributed by atoms with Gasteiger partial charge in [-0.15, -0.1) is 0 Å². The molecule has 0 unspecified atom stereocenters. The number of halogens is 2. The third kappa shape index (κ3) is 3.91. The lowest BCUT2D eigenvalue weighted by Gasteiger charge is -2.36. The first kappa shape index (κ1) is 16.4. The minimum absolute atomic E-state index is 0.123. The molecule has 0 bridgehead atoms. The number of benzene rings is 2. The molecule has 0 atom stereocenters. The summed E-state index contributed by atoms with van der Waals surface area (Å²) in [6.45, 7) is 2.23. The van der Waals surface area contributed by atoms with Crippen LogP contribution in [0, 0.1) is 11.6 Å². The Bertz CT molecular complexity index is 698. The zero-order valence-electron chi connectivity index (χ0n) is 13.4. The van der Waals surface area contributed by atoms with Crippen LogP contribution in [0.4, 0.5) is 14.5 Å². The van der Waals surface area contributed by atoms with Crippen molar-refractivity contribution in [1.82, 2.24) is 4.90 Å². The summed E-state index contributed by atoms with van der Waals surface area (Å²) < 4.78 is 26.8. The van der Waals surface area contributed by atoms with Crippen LogP contribution in [0.25, 0.3) is 0 Å². The van der Waals surface area contributed by atoms with Crippen molar-refractivity contribution in [2.24, 2.45) is 0 Å². The van der Waals surface area contributed by atoms with Gasteiger partial charge in [0, 0.05) is 38.7 Å². The molecule has 0 aliphatic carbocycles. The standard InChI is InChI=1S/C19H20F2N2O/c20-16-7-8-18(17(21)14-16)22-10-12-23(13-11-22)19(24)9-6-15-4-2-1-3-5-15/h1-5,7-8,14H,6,9-13H2. The summed E-state index contributed by atoms with van der Waals surface area (Å²) >= 11 is 0. The molecule has 126 valence electrons. The van der Waals surface area contributed by atoms with E-state index in [1.807, 2.05) is 40.1 Å². The summed E-state index contributed by atoms with van der Waals surface area (Å²) in [7, 11) is 0. The molecule has 2 aromatic carbocycles. The number of carbonyl (C=O) groups excluding carboxylic acids is 1. The second-order valence-corrected chi connectivity index (χ2v) is 5.95. The average molecular weight is 330 g/mol. The van der Waals surface area contributed by atoms with E-state index in [-0.39, 0.29) is 5.91 Å². The lowest BCUT2D eigenvalue weighted by Crippen LogP contribution is -2.49. The zero-order chi connectivity index (χ0) is 16.9. The smallest absolute Gasteiger partial charge is 0.223 e. The molecule has 1 heterocycles. The number of hydrogen-bond acceptors (Lipinski definition) is 2. The summed E-state index contributed by atoms with van der Waals surface area (Å²) in [6, 6.07) is 13.5. The summed E-state index contributed by atoms with van der Waals surface area (Å²) in [5.74, 6) is -1.01. The van der Waals surface area contributed by atoms with Crippen LogP contribution < -0.4 is 4.90 Å². The predicted molar refractivity (Wildman–Crippen MR) is 89.9 cm³/mol. The first-order valence-electron chi connectivity index (χ1n) is 8.15. The first-order valence-corrected chi connectivity index (χ1v) is 8.15. The Hall–Kier alpha value is -2.43. The van der Waals surface area contributed by atoms with Crippen LogP contribution in [0.15, 0.2) is 48.5 Å². The predicted octanol–water partition coefficient (Wildman–Crippen LogP) is 3.25. The van der Waals surface area contributed by atoms with E-state index >= 15 is 0 Å². The molecule has 5 heteroatoms. The number of anilines is 1. The fourth-order valence-electron chi connectivity index (χ4n) is 2.99. The number of amides is 1. The molecule has 1 saturated heterocycles. The first-order chi connectivity index (χ1) is 11.6. The van der Waals surface area contributed by atoms with Crippen molar-refractivity contribution in [3.63, 3.8) is 0 Å².